The molecule has 0 aliphatic rings. The maximum absolute atomic E-state index is 14.6. The van der Waals surface area contributed by atoms with Crippen LogP contribution in [-0.2, 0) is 20.7 Å². The number of unbranched alkanes of at least 4 members (excludes halogenated alkanes) is 1. The fraction of sp³-hybridized carbons (Fsp3) is 0.400. The minimum Gasteiger partial charge on any atom is -0.508 e. The number of aryl methyl sites for hydroxylation is 3. The summed E-state index contributed by atoms with van der Waals surface area (Å²) in [4.78, 5) is 43.3. The zero-order valence-corrected chi connectivity index (χ0v) is 26.4. The number of amides is 3. The molecule has 2 unspecified atom stereocenters. The summed E-state index contributed by atoms with van der Waals surface area (Å²) in [5, 5.41) is 15.6. The highest BCUT2D eigenvalue weighted by atomic mass is 16.6. The van der Waals surface area contributed by atoms with E-state index in [0.29, 0.717) is 24.2 Å². The van der Waals surface area contributed by atoms with Gasteiger partial charge in [-0.25, -0.2) is 4.79 Å². The van der Waals surface area contributed by atoms with Gasteiger partial charge in [-0.2, -0.15) is 0 Å². The van der Waals surface area contributed by atoms with Crippen LogP contribution in [0.4, 0.5) is 10.5 Å². The molecule has 8 heteroatoms. The number of benzene rings is 3. The van der Waals surface area contributed by atoms with E-state index in [1.165, 1.54) is 12.1 Å². The van der Waals surface area contributed by atoms with Crippen molar-refractivity contribution in [1.29, 1.82) is 0 Å². The quantitative estimate of drug-likeness (QED) is 0.230. The van der Waals surface area contributed by atoms with E-state index in [1.807, 2.05) is 70.2 Å². The first-order chi connectivity index (χ1) is 20.3. The van der Waals surface area contributed by atoms with E-state index in [-0.39, 0.29) is 18.1 Å². The largest absolute Gasteiger partial charge is 0.508 e. The van der Waals surface area contributed by atoms with Gasteiger partial charge in [-0.05, 0) is 88.4 Å². The van der Waals surface area contributed by atoms with Crippen LogP contribution in [0.1, 0.15) is 74.4 Å². The van der Waals surface area contributed by atoms with Gasteiger partial charge in [-0.15, -0.1) is 0 Å². The smallest absolute Gasteiger partial charge is 0.408 e. The topological polar surface area (TPSA) is 108 Å². The van der Waals surface area contributed by atoms with Gasteiger partial charge in [-0.3, -0.25) is 9.59 Å². The SMILES string of the molecule is CCCCN(C(=O)C(Cc1ccc(O)cc1)NC(=O)OC(C)(C)C)C(C(=O)Nc1ccccc1C)c1ccc(C)cc1C. The predicted octanol–water partition coefficient (Wildman–Crippen LogP) is 6.76. The first-order valence-corrected chi connectivity index (χ1v) is 14.8. The van der Waals surface area contributed by atoms with Gasteiger partial charge in [0.2, 0.25) is 5.91 Å². The molecular weight excluding hydrogens is 542 g/mol. The summed E-state index contributed by atoms with van der Waals surface area (Å²) in [6, 6.07) is 17.8. The molecule has 0 saturated carbocycles. The lowest BCUT2D eigenvalue weighted by Crippen LogP contribution is -2.53. The highest BCUT2D eigenvalue weighted by Gasteiger charge is 2.37. The van der Waals surface area contributed by atoms with E-state index in [1.54, 1.807) is 37.8 Å². The lowest BCUT2D eigenvalue weighted by molar-refractivity contribution is -0.140. The standard InChI is InChI=1S/C35H45N3O5/c1-8-9-20-38(33(41)30(37-34(42)43-35(5,6)7)22-26-15-17-27(39)18-16-26)31(28-19-14-23(2)21-25(28)4)32(40)36-29-13-11-10-12-24(29)3/h10-19,21,30-31,39H,8-9,20,22H2,1-7H3,(H,36,40)(H,37,42). The highest BCUT2D eigenvalue weighted by Crippen LogP contribution is 2.29. The maximum Gasteiger partial charge on any atom is 0.408 e. The molecule has 3 rings (SSSR count). The molecule has 0 aromatic heterocycles. The van der Waals surface area contributed by atoms with Crippen LogP contribution in [0.3, 0.4) is 0 Å². The molecule has 3 N–H and O–H groups in total. The summed E-state index contributed by atoms with van der Waals surface area (Å²) >= 11 is 0. The number of rotatable bonds is 11. The number of nitrogens with zero attached hydrogens (tertiary/aromatic N) is 1. The van der Waals surface area contributed by atoms with Gasteiger partial charge < -0.3 is 25.4 Å². The third-order valence-corrected chi connectivity index (χ3v) is 7.08. The maximum atomic E-state index is 14.6. The summed E-state index contributed by atoms with van der Waals surface area (Å²) in [5.41, 5.74) is 4.16. The molecule has 2 atom stereocenters. The zero-order valence-electron chi connectivity index (χ0n) is 26.4. The van der Waals surface area contributed by atoms with Crippen LogP contribution < -0.4 is 10.6 Å². The predicted molar refractivity (Wildman–Crippen MR) is 170 cm³/mol. The number of nitrogens with one attached hydrogen (secondary N) is 2. The molecule has 0 saturated heterocycles. The van der Waals surface area contributed by atoms with Crippen molar-refractivity contribution < 1.29 is 24.2 Å². The number of phenolic OH excluding ortho intramolecular Hbond substituents is 1. The lowest BCUT2D eigenvalue weighted by atomic mass is 9.95. The molecule has 43 heavy (non-hydrogen) atoms. The summed E-state index contributed by atoms with van der Waals surface area (Å²) in [5.74, 6) is -0.650. The number of para-hydroxylation sites is 1. The van der Waals surface area contributed by atoms with E-state index in [2.05, 4.69) is 10.6 Å². The first-order valence-electron chi connectivity index (χ1n) is 14.8. The minimum atomic E-state index is -1.03. The number of carbonyl (C=O) groups excluding carboxylic acids is 3. The Balaban J connectivity index is 2.10. The van der Waals surface area contributed by atoms with Gasteiger partial charge in [0, 0.05) is 18.7 Å². The van der Waals surface area contributed by atoms with Gasteiger partial charge in [0.1, 0.15) is 23.4 Å². The molecule has 0 radical (unpaired) electrons. The third kappa shape index (κ3) is 9.60. The van der Waals surface area contributed by atoms with Gasteiger partial charge >= 0.3 is 6.09 Å². The highest BCUT2D eigenvalue weighted by molar-refractivity contribution is 5.99. The van der Waals surface area contributed by atoms with Crippen molar-refractivity contribution in [1.82, 2.24) is 10.2 Å². The Labute approximate surface area is 255 Å². The molecule has 3 aromatic rings. The van der Waals surface area contributed by atoms with Crippen LogP contribution in [-0.4, -0.2) is 46.1 Å². The van der Waals surface area contributed by atoms with Gasteiger partial charge in [-0.1, -0.05) is 67.4 Å². The summed E-state index contributed by atoms with van der Waals surface area (Å²) < 4.78 is 5.51. The van der Waals surface area contributed by atoms with Gasteiger partial charge in [0.05, 0.1) is 0 Å². The molecule has 230 valence electrons. The van der Waals surface area contributed by atoms with Crippen molar-refractivity contribution >= 4 is 23.6 Å². The molecule has 0 spiro atoms. The van der Waals surface area contributed by atoms with Crippen molar-refractivity contribution in [2.75, 3.05) is 11.9 Å². The molecule has 0 bridgehead atoms. The Morgan fingerprint density at radius 3 is 2.21 bits per heavy atom. The second-order valence-corrected chi connectivity index (χ2v) is 12.0. The van der Waals surface area contributed by atoms with Crippen LogP contribution in [0.25, 0.3) is 0 Å². The summed E-state index contributed by atoms with van der Waals surface area (Å²) in [6.07, 6.45) is 0.862. The number of carbonyl (C=O) groups is 3. The third-order valence-electron chi connectivity index (χ3n) is 7.08. The fourth-order valence-electron chi connectivity index (χ4n) is 4.91. The molecule has 0 heterocycles. The van der Waals surface area contributed by atoms with Crippen molar-refractivity contribution in [2.45, 2.75) is 85.4 Å². The van der Waals surface area contributed by atoms with E-state index < -0.39 is 29.7 Å². The van der Waals surface area contributed by atoms with Crippen molar-refractivity contribution in [2.24, 2.45) is 0 Å². The molecule has 0 aliphatic heterocycles. The molecule has 3 aromatic carbocycles. The number of hydrogen-bond donors (Lipinski definition) is 3. The van der Waals surface area contributed by atoms with Crippen LogP contribution in [0, 0.1) is 20.8 Å². The second-order valence-electron chi connectivity index (χ2n) is 12.0. The van der Waals surface area contributed by atoms with Crippen LogP contribution in [0.5, 0.6) is 5.75 Å². The monoisotopic (exact) mass is 587 g/mol. The summed E-state index contributed by atoms with van der Waals surface area (Å²) in [6.45, 7) is 13.4. The molecular formula is C35H45N3O5. The van der Waals surface area contributed by atoms with Gasteiger partial charge in [0.15, 0.2) is 0 Å². The van der Waals surface area contributed by atoms with Crippen LogP contribution >= 0.6 is 0 Å². The van der Waals surface area contributed by atoms with Crippen LogP contribution in [0.2, 0.25) is 0 Å². The number of aromatic hydroxyl groups is 1. The first kappa shape index (κ1) is 33.2. The van der Waals surface area contributed by atoms with E-state index in [4.69, 9.17) is 4.74 Å². The minimum absolute atomic E-state index is 0.0964. The fourth-order valence-corrected chi connectivity index (χ4v) is 4.91. The Morgan fingerprint density at radius 1 is 0.930 bits per heavy atom. The van der Waals surface area contributed by atoms with E-state index in [0.717, 1.165) is 28.7 Å². The number of hydrogen-bond acceptors (Lipinski definition) is 5. The normalized spacial score (nSPS) is 12.6. The molecule has 0 fully saturated rings. The number of alkyl carbamates (subject to hydrolysis) is 1. The van der Waals surface area contributed by atoms with E-state index >= 15 is 0 Å². The van der Waals surface area contributed by atoms with Crippen molar-refractivity contribution in [3.05, 3.63) is 94.5 Å². The zero-order chi connectivity index (χ0) is 31.7. The van der Waals surface area contributed by atoms with E-state index in [9.17, 15) is 19.5 Å². The molecule has 0 aliphatic carbocycles. The van der Waals surface area contributed by atoms with Crippen molar-refractivity contribution in [3.8, 4) is 5.75 Å². The van der Waals surface area contributed by atoms with Gasteiger partial charge in [0.25, 0.3) is 5.91 Å². The Kier molecular flexibility index (Phi) is 11.4. The number of phenols is 1. The van der Waals surface area contributed by atoms with Crippen LogP contribution in [0.15, 0.2) is 66.7 Å². The molecule has 8 nitrogen and oxygen atoms in total. The Hall–Kier alpha value is -4.33. The Morgan fingerprint density at radius 2 is 1.60 bits per heavy atom. The Bertz CT molecular complexity index is 1410. The average molecular weight is 588 g/mol. The molecule has 3 amide bonds. The number of anilines is 1. The lowest BCUT2D eigenvalue weighted by Gasteiger charge is -2.35. The number of ether oxygens (including phenoxy) is 1. The average Bonchev–Trinajstić information content (AvgIpc) is 2.92. The second kappa shape index (κ2) is 14.7. The van der Waals surface area contributed by atoms with Crippen molar-refractivity contribution in [3.63, 3.8) is 0 Å². The summed E-state index contributed by atoms with van der Waals surface area (Å²) in [7, 11) is 0.